The average Bonchev–Trinajstić information content (AvgIpc) is 2.70. The fourth-order valence-corrected chi connectivity index (χ4v) is 2.36. The molecule has 0 saturated heterocycles. The maximum atomic E-state index is 12.2. The summed E-state index contributed by atoms with van der Waals surface area (Å²) in [4.78, 5) is 8.52. The van der Waals surface area contributed by atoms with E-state index in [0.717, 1.165) is 5.56 Å². The fourth-order valence-electron chi connectivity index (χ4n) is 2.36. The quantitative estimate of drug-likeness (QED) is 0.447. The zero-order chi connectivity index (χ0) is 20.4. The molecule has 0 spiro atoms. The van der Waals surface area contributed by atoms with Crippen LogP contribution in [0.2, 0.25) is 0 Å². The minimum atomic E-state index is -2.88. The van der Waals surface area contributed by atoms with Gasteiger partial charge in [-0.15, -0.1) is 0 Å². The Bertz CT molecular complexity index is 757. The molecule has 1 aromatic carbocycles. The highest BCUT2D eigenvalue weighted by atomic mass is 19.3. The van der Waals surface area contributed by atoms with Crippen LogP contribution in [0.4, 0.5) is 8.78 Å². The van der Waals surface area contributed by atoms with Gasteiger partial charge in [0, 0.05) is 25.4 Å². The van der Waals surface area contributed by atoms with Crippen LogP contribution in [0.1, 0.15) is 24.2 Å². The molecule has 28 heavy (non-hydrogen) atoms. The van der Waals surface area contributed by atoms with E-state index in [0.29, 0.717) is 30.5 Å². The summed E-state index contributed by atoms with van der Waals surface area (Å²) in [6, 6.07) is 9.49. The Balaban J connectivity index is 1.93. The Kier molecular flexibility index (Phi) is 8.41. The largest absolute Gasteiger partial charge is 0.481 e. The molecule has 0 radical (unpaired) electrons. The van der Waals surface area contributed by atoms with Crippen LogP contribution in [-0.4, -0.2) is 42.9 Å². The van der Waals surface area contributed by atoms with Crippen LogP contribution in [-0.2, 0) is 6.54 Å². The number of halogens is 2. The van der Waals surface area contributed by atoms with E-state index in [1.165, 1.54) is 24.3 Å². The zero-order valence-electron chi connectivity index (χ0n) is 15.7. The van der Waals surface area contributed by atoms with Crippen LogP contribution in [0.25, 0.3) is 0 Å². The lowest BCUT2D eigenvalue weighted by Crippen LogP contribution is -2.39. The number of ether oxygens (including phenoxy) is 2. The van der Waals surface area contributed by atoms with E-state index in [4.69, 9.17) is 4.74 Å². The summed E-state index contributed by atoms with van der Waals surface area (Å²) in [6.45, 7) is 0.313. The second kappa shape index (κ2) is 11.0. The van der Waals surface area contributed by atoms with Crippen molar-refractivity contribution in [1.82, 2.24) is 15.6 Å². The van der Waals surface area contributed by atoms with E-state index in [9.17, 15) is 13.9 Å². The number of aliphatic imine (C=N–C) groups is 1. The van der Waals surface area contributed by atoms with Crippen LogP contribution in [0.15, 0.2) is 47.6 Å². The number of rotatable bonds is 9. The third-order valence-electron chi connectivity index (χ3n) is 3.73. The lowest BCUT2D eigenvalue weighted by atomic mass is 10.1. The molecule has 0 amide bonds. The maximum Gasteiger partial charge on any atom is 0.387 e. The van der Waals surface area contributed by atoms with Crippen LogP contribution < -0.4 is 20.1 Å². The Morgan fingerprint density at radius 2 is 1.96 bits per heavy atom. The van der Waals surface area contributed by atoms with Crippen molar-refractivity contribution < 1.29 is 23.4 Å². The number of pyridine rings is 1. The monoisotopic (exact) mass is 394 g/mol. The predicted octanol–water partition coefficient (Wildman–Crippen LogP) is 2.48. The molecule has 0 bridgehead atoms. The Labute approximate surface area is 162 Å². The number of guanidine groups is 1. The lowest BCUT2D eigenvalue weighted by Gasteiger charge is -2.16. The van der Waals surface area contributed by atoms with Crippen molar-refractivity contribution in [2.75, 3.05) is 20.2 Å². The topological polar surface area (TPSA) is 88.0 Å². The summed E-state index contributed by atoms with van der Waals surface area (Å²) in [5.74, 6) is 1.09. The number of hydrogen-bond donors (Lipinski definition) is 3. The summed E-state index contributed by atoms with van der Waals surface area (Å²) in [7, 11) is 1.55. The van der Waals surface area contributed by atoms with Gasteiger partial charge in [0.2, 0.25) is 5.88 Å². The molecule has 1 heterocycles. The van der Waals surface area contributed by atoms with Gasteiger partial charge in [-0.05, 0) is 36.2 Å². The van der Waals surface area contributed by atoms with E-state index in [2.05, 4.69) is 25.3 Å². The molecular formula is C19H24F2N4O3. The molecule has 2 aromatic rings. The molecule has 2 rings (SSSR count). The molecule has 0 fully saturated rings. The van der Waals surface area contributed by atoms with Crippen LogP contribution >= 0.6 is 0 Å². The first-order valence-corrected chi connectivity index (χ1v) is 8.75. The smallest absolute Gasteiger partial charge is 0.387 e. The Morgan fingerprint density at radius 1 is 1.21 bits per heavy atom. The number of hydrogen-bond acceptors (Lipinski definition) is 5. The van der Waals surface area contributed by atoms with Crippen molar-refractivity contribution in [3.05, 3.63) is 53.7 Å². The molecule has 152 valence electrons. The van der Waals surface area contributed by atoms with E-state index in [-0.39, 0.29) is 12.3 Å². The molecule has 0 aliphatic carbocycles. The van der Waals surface area contributed by atoms with E-state index in [1.807, 2.05) is 13.0 Å². The van der Waals surface area contributed by atoms with Gasteiger partial charge in [-0.3, -0.25) is 0 Å². The molecule has 9 heteroatoms. The molecule has 0 aliphatic rings. The van der Waals surface area contributed by atoms with Crippen molar-refractivity contribution in [2.24, 2.45) is 4.99 Å². The summed E-state index contributed by atoms with van der Waals surface area (Å²) in [5, 5.41) is 16.5. The highest BCUT2D eigenvalue weighted by Gasteiger charge is 2.10. The molecule has 1 atom stereocenters. The lowest BCUT2D eigenvalue weighted by molar-refractivity contribution is -0.0498. The van der Waals surface area contributed by atoms with Gasteiger partial charge < -0.3 is 25.2 Å². The van der Waals surface area contributed by atoms with Crippen LogP contribution in [0.3, 0.4) is 0 Å². The minimum Gasteiger partial charge on any atom is -0.481 e. The molecular weight excluding hydrogens is 370 g/mol. The highest BCUT2D eigenvalue weighted by Crippen LogP contribution is 2.19. The maximum absolute atomic E-state index is 12.2. The SMILES string of the molecule is CCNC(=NCc1ccnc(OC)c1)NCC(O)c1ccc(OC(F)F)cc1. The number of alkyl halides is 2. The van der Waals surface area contributed by atoms with Gasteiger partial charge in [0.25, 0.3) is 0 Å². The molecule has 1 unspecified atom stereocenters. The Morgan fingerprint density at radius 3 is 2.61 bits per heavy atom. The normalized spacial score (nSPS) is 12.6. The average molecular weight is 394 g/mol. The number of nitrogens with zero attached hydrogens (tertiary/aromatic N) is 2. The minimum absolute atomic E-state index is 0.0431. The number of aliphatic hydroxyl groups is 1. The van der Waals surface area contributed by atoms with Gasteiger partial charge in [-0.25, -0.2) is 9.98 Å². The van der Waals surface area contributed by atoms with E-state index >= 15 is 0 Å². The second-order valence-corrected chi connectivity index (χ2v) is 5.75. The van der Waals surface area contributed by atoms with E-state index < -0.39 is 12.7 Å². The number of aromatic nitrogens is 1. The molecule has 7 nitrogen and oxygen atoms in total. The van der Waals surface area contributed by atoms with Gasteiger partial charge >= 0.3 is 6.61 Å². The first-order chi connectivity index (χ1) is 13.5. The van der Waals surface area contributed by atoms with Gasteiger partial charge in [0.15, 0.2) is 5.96 Å². The van der Waals surface area contributed by atoms with Crippen molar-refractivity contribution in [1.29, 1.82) is 0 Å². The van der Waals surface area contributed by atoms with Crippen molar-refractivity contribution in [3.63, 3.8) is 0 Å². The van der Waals surface area contributed by atoms with Crippen molar-refractivity contribution in [2.45, 2.75) is 26.2 Å². The summed E-state index contributed by atoms with van der Waals surface area (Å²) in [6.07, 6.45) is 0.806. The zero-order valence-corrected chi connectivity index (χ0v) is 15.7. The third kappa shape index (κ3) is 6.99. The van der Waals surface area contributed by atoms with Crippen molar-refractivity contribution >= 4 is 5.96 Å². The molecule has 1 aromatic heterocycles. The van der Waals surface area contributed by atoms with E-state index in [1.54, 1.807) is 19.4 Å². The molecule has 3 N–H and O–H groups in total. The first kappa shape index (κ1) is 21.4. The predicted molar refractivity (Wildman–Crippen MR) is 102 cm³/mol. The summed E-state index contributed by atoms with van der Waals surface area (Å²) >= 11 is 0. The number of benzene rings is 1. The standard InChI is InChI=1S/C19H24F2N4O3/c1-3-22-19(24-11-13-8-9-23-17(10-13)27-2)25-12-16(26)14-4-6-15(7-5-14)28-18(20)21/h4-10,16,18,26H,3,11-12H2,1-2H3,(H2,22,24,25). The number of aliphatic hydroxyl groups excluding tert-OH is 1. The number of methoxy groups -OCH3 is 1. The van der Waals surface area contributed by atoms with Crippen molar-refractivity contribution in [3.8, 4) is 11.6 Å². The van der Waals surface area contributed by atoms with Gasteiger partial charge in [0.05, 0.1) is 19.8 Å². The second-order valence-electron chi connectivity index (χ2n) is 5.75. The highest BCUT2D eigenvalue weighted by molar-refractivity contribution is 5.79. The van der Waals surface area contributed by atoms with Gasteiger partial charge in [-0.1, -0.05) is 12.1 Å². The van der Waals surface area contributed by atoms with Crippen LogP contribution in [0, 0.1) is 0 Å². The van der Waals surface area contributed by atoms with Crippen LogP contribution in [0.5, 0.6) is 11.6 Å². The summed E-state index contributed by atoms with van der Waals surface area (Å²) in [5.41, 5.74) is 1.50. The van der Waals surface area contributed by atoms with Gasteiger partial charge in [-0.2, -0.15) is 8.78 Å². The number of nitrogens with one attached hydrogen (secondary N) is 2. The van der Waals surface area contributed by atoms with Gasteiger partial charge in [0.1, 0.15) is 5.75 Å². The fraction of sp³-hybridized carbons (Fsp3) is 0.368. The third-order valence-corrected chi connectivity index (χ3v) is 3.73. The summed E-state index contributed by atoms with van der Waals surface area (Å²) < 4.78 is 33.8. The molecule has 0 saturated carbocycles. The molecule has 0 aliphatic heterocycles. The first-order valence-electron chi connectivity index (χ1n) is 8.75. The Hall–Kier alpha value is -2.94.